The summed E-state index contributed by atoms with van der Waals surface area (Å²) in [4.78, 5) is 14.6. The van der Waals surface area contributed by atoms with Crippen molar-refractivity contribution in [1.29, 1.82) is 0 Å². The molecule has 0 aliphatic rings. The van der Waals surface area contributed by atoms with Gasteiger partial charge in [0.2, 0.25) is 5.76 Å². The third kappa shape index (κ3) is 2.63. The largest absolute Gasteiger partial charge is 0.475 e. The average Bonchev–Trinajstić information content (AvgIpc) is 2.77. The van der Waals surface area contributed by atoms with Gasteiger partial charge in [0, 0.05) is 6.20 Å². The first-order valence-corrected chi connectivity index (χ1v) is 5.13. The summed E-state index contributed by atoms with van der Waals surface area (Å²) < 4.78 is 5.12. The maximum Gasteiger partial charge on any atom is 0.371 e. The molecular formula is C12H12N2O3. The average molecular weight is 232 g/mol. The lowest BCUT2D eigenvalue weighted by molar-refractivity contribution is 0.0660. The molecule has 5 nitrogen and oxygen atoms in total. The van der Waals surface area contributed by atoms with Crippen LogP contribution in [0.5, 0.6) is 0 Å². The van der Waals surface area contributed by atoms with Gasteiger partial charge in [0.05, 0.1) is 18.4 Å². The van der Waals surface area contributed by atoms with Gasteiger partial charge in [-0.3, -0.25) is 4.98 Å². The molecule has 2 aromatic heterocycles. The summed E-state index contributed by atoms with van der Waals surface area (Å²) in [5.74, 6) is -0.538. The summed E-state index contributed by atoms with van der Waals surface area (Å²) in [6, 6.07) is 4.98. The molecule has 0 atom stereocenters. The van der Waals surface area contributed by atoms with Crippen LogP contribution in [0.25, 0.3) is 0 Å². The van der Waals surface area contributed by atoms with E-state index in [1.165, 1.54) is 6.07 Å². The van der Waals surface area contributed by atoms with Crippen molar-refractivity contribution in [3.8, 4) is 0 Å². The van der Waals surface area contributed by atoms with Crippen molar-refractivity contribution in [2.75, 3.05) is 5.32 Å². The molecule has 0 saturated heterocycles. The Kier molecular flexibility index (Phi) is 3.09. The van der Waals surface area contributed by atoms with Crippen LogP contribution in [0.2, 0.25) is 0 Å². The minimum absolute atomic E-state index is 0.0512. The Hall–Kier alpha value is -2.30. The maximum absolute atomic E-state index is 10.6. The molecule has 0 bridgehead atoms. The number of aromatic carboxylic acids is 1. The molecule has 0 aliphatic carbocycles. The van der Waals surface area contributed by atoms with Crippen LogP contribution in [0.3, 0.4) is 0 Å². The molecular weight excluding hydrogens is 220 g/mol. The van der Waals surface area contributed by atoms with Crippen molar-refractivity contribution >= 4 is 11.7 Å². The molecule has 0 amide bonds. The Morgan fingerprint density at radius 1 is 1.47 bits per heavy atom. The lowest BCUT2D eigenvalue weighted by atomic mass is 10.2. The van der Waals surface area contributed by atoms with Gasteiger partial charge in [0.25, 0.3) is 0 Å². The van der Waals surface area contributed by atoms with Gasteiger partial charge in [-0.05, 0) is 30.7 Å². The van der Waals surface area contributed by atoms with Crippen LogP contribution in [0.15, 0.2) is 35.0 Å². The smallest absolute Gasteiger partial charge is 0.371 e. The molecule has 0 unspecified atom stereocenters. The van der Waals surface area contributed by atoms with Gasteiger partial charge in [0.1, 0.15) is 5.76 Å². The predicted octanol–water partition coefficient (Wildman–Crippen LogP) is 2.29. The van der Waals surface area contributed by atoms with E-state index in [0.29, 0.717) is 12.3 Å². The van der Waals surface area contributed by atoms with Crippen LogP contribution < -0.4 is 5.32 Å². The Morgan fingerprint density at radius 3 is 2.94 bits per heavy atom. The van der Waals surface area contributed by atoms with Crippen LogP contribution in [0.4, 0.5) is 5.69 Å². The molecule has 0 aromatic carbocycles. The maximum atomic E-state index is 10.6. The molecule has 2 aromatic rings. The molecule has 2 N–H and O–H groups in total. The fraction of sp³-hybridized carbons (Fsp3) is 0.167. The summed E-state index contributed by atoms with van der Waals surface area (Å²) in [5, 5.41) is 11.8. The number of aryl methyl sites for hydroxylation is 1. The van der Waals surface area contributed by atoms with E-state index in [-0.39, 0.29) is 5.76 Å². The van der Waals surface area contributed by atoms with E-state index >= 15 is 0 Å². The Labute approximate surface area is 98.1 Å². The van der Waals surface area contributed by atoms with Gasteiger partial charge in [-0.25, -0.2) is 4.79 Å². The first kappa shape index (κ1) is 11.2. The number of rotatable bonds is 4. The van der Waals surface area contributed by atoms with Crippen molar-refractivity contribution in [3.05, 3.63) is 47.7 Å². The van der Waals surface area contributed by atoms with Gasteiger partial charge in [-0.2, -0.15) is 0 Å². The molecule has 2 heterocycles. The normalized spacial score (nSPS) is 10.2. The quantitative estimate of drug-likeness (QED) is 0.845. The fourth-order valence-corrected chi connectivity index (χ4v) is 1.42. The zero-order valence-corrected chi connectivity index (χ0v) is 9.30. The number of hydrogen-bond donors (Lipinski definition) is 2. The second-order valence-corrected chi connectivity index (χ2v) is 3.62. The first-order valence-electron chi connectivity index (χ1n) is 5.13. The van der Waals surface area contributed by atoms with Crippen LogP contribution >= 0.6 is 0 Å². The van der Waals surface area contributed by atoms with Crippen molar-refractivity contribution in [2.45, 2.75) is 13.5 Å². The molecule has 0 radical (unpaired) electrons. The highest BCUT2D eigenvalue weighted by Crippen LogP contribution is 2.14. The summed E-state index contributed by atoms with van der Waals surface area (Å²) in [6.45, 7) is 2.40. The summed E-state index contributed by atoms with van der Waals surface area (Å²) in [5.41, 5.74) is 1.98. The van der Waals surface area contributed by atoms with Crippen LogP contribution in [0.1, 0.15) is 21.9 Å². The van der Waals surface area contributed by atoms with E-state index < -0.39 is 5.97 Å². The zero-order chi connectivity index (χ0) is 12.3. The standard InChI is InChI=1S/C12H12N2O3/c1-8-4-5-13-7-10(8)14-6-9-2-3-11(17-9)12(15)16/h2-5,7,14H,6H2,1H3,(H,15,16). The number of carbonyl (C=O) groups is 1. The number of hydrogen-bond acceptors (Lipinski definition) is 4. The van der Waals surface area contributed by atoms with Crippen molar-refractivity contribution < 1.29 is 14.3 Å². The highest BCUT2D eigenvalue weighted by Gasteiger charge is 2.08. The number of pyridine rings is 1. The van der Waals surface area contributed by atoms with E-state index in [4.69, 9.17) is 9.52 Å². The monoisotopic (exact) mass is 232 g/mol. The van der Waals surface area contributed by atoms with E-state index in [2.05, 4.69) is 10.3 Å². The lowest BCUT2D eigenvalue weighted by Gasteiger charge is -2.06. The van der Waals surface area contributed by atoms with E-state index in [9.17, 15) is 4.79 Å². The molecule has 0 fully saturated rings. The number of carboxylic acids is 1. The highest BCUT2D eigenvalue weighted by molar-refractivity contribution is 5.84. The molecule has 0 saturated carbocycles. The van der Waals surface area contributed by atoms with E-state index in [0.717, 1.165) is 11.3 Å². The second kappa shape index (κ2) is 4.69. The third-order valence-corrected chi connectivity index (χ3v) is 2.36. The summed E-state index contributed by atoms with van der Waals surface area (Å²) >= 11 is 0. The topological polar surface area (TPSA) is 75.4 Å². The fourth-order valence-electron chi connectivity index (χ4n) is 1.42. The van der Waals surface area contributed by atoms with Crippen molar-refractivity contribution in [2.24, 2.45) is 0 Å². The highest BCUT2D eigenvalue weighted by atomic mass is 16.4. The summed E-state index contributed by atoms with van der Waals surface area (Å²) in [7, 11) is 0. The number of aromatic nitrogens is 1. The van der Waals surface area contributed by atoms with Crippen molar-refractivity contribution in [1.82, 2.24) is 4.98 Å². The molecule has 5 heteroatoms. The minimum Gasteiger partial charge on any atom is -0.475 e. The Bertz CT molecular complexity index is 534. The number of anilines is 1. The molecule has 0 aliphatic heterocycles. The van der Waals surface area contributed by atoms with Crippen LogP contribution in [0, 0.1) is 6.92 Å². The number of carboxylic acid groups (broad SMARTS) is 1. The Morgan fingerprint density at radius 2 is 2.29 bits per heavy atom. The number of nitrogens with zero attached hydrogens (tertiary/aromatic N) is 1. The van der Waals surface area contributed by atoms with Crippen LogP contribution in [-0.4, -0.2) is 16.1 Å². The second-order valence-electron chi connectivity index (χ2n) is 3.62. The van der Waals surface area contributed by atoms with Gasteiger partial charge in [0.15, 0.2) is 0 Å². The molecule has 2 rings (SSSR count). The van der Waals surface area contributed by atoms with E-state index in [1.54, 1.807) is 18.5 Å². The minimum atomic E-state index is -1.06. The number of furan rings is 1. The molecule has 88 valence electrons. The Balaban J connectivity index is 2.02. The van der Waals surface area contributed by atoms with Gasteiger partial charge < -0.3 is 14.8 Å². The lowest BCUT2D eigenvalue weighted by Crippen LogP contribution is -2.00. The van der Waals surface area contributed by atoms with Gasteiger partial charge >= 0.3 is 5.97 Å². The van der Waals surface area contributed by atoms with Gasteiger partial charge in [-0.1, -0.05) is 0 Å². The molecule has 0 spiro atoms. The number of nitrogens with one attached hydrogen (secondary N) is 1. The summed E-state index contributed by atoms with van der Waals surface area (Å²) in [6.07, 6.45) is 3.44. The van der Waals surface area contributed by atoms with E-state index in [1.807, 2.05) is 13.0 Å². The zero-order valence-electron chi connectivity index (χ0n) is 9.30. The predicted molar refractivity (Wildman–Crippen MR) is 62.0 cm³/mol. The third-order valence-electron chi connectivity index (χ3n) is 2.36. The first-order chi connectivity index (χ1) is 8.16. The van der Waals surface area contributed by atoms with Gasteiger partial charge in [-0.15, -0.1) is 0 Å². The van der Waals surface area contributed by atoms with Crippen molar-refractivity contribution in [3.63, 3.8) is 0 Å². The van der Waals surface area contributed by atoms with Crippen LogP contribution in [-0.2, 0) is 6.54 Å². The SMILES string of the molecule is Cc1ccncc1NCc1ccc(C(=O)O)o1. The molecule has 17 heavy (non-hydrogen) atoms.